The summed E-state index contributed by atoms with van der Waals surface area (Å²) in [5.74, 6) is -0.360. The van der Waals surface area contributed by atoms with E-state index in [-0.39, 0.29) is 18.4 Å². The molecule has 0 saturated carbocycles. The van der Waals surface area contributed by atoms with Crippen molar-refractivity contribution in [2.75, 3.05) is 17.2 Å². The quantitative estimate of drug-likeness (QED) is 0.542. The molecule has 3 N–H and O–H groups in total. The molecular formula is C24H25N3O2. The molecule has 0 atom stereocenters. The zero-order chi connectivity index (χ0) is 20.5. The van der Waals surface area contributed by atoms with Crippen molar-refractivity contribution in [1.29, 1.82) is 0 Å². The van der Waals surface area contributed by atoms with E-state index in [4.69, 9.17) is 0 Å². The van der Waals surface area contributed by atoms with Crippen molar-refractivity contribution >= 4 is 23.2 Å². The van der Waals surface area contributed by atoms with Crippen molar-refractivity contribution < 1.29 is 9.59 Å². The van der Waals surface area contributed by atoms with Crippen LogP contribution in [0.1, 0.15) is 28.4 Å². The van der Waals surface area contributed by atoms with Crippen molar-refractivity contribution in [2.45, 2.75) is 19.9 Å². The maximum Gasteiger partial charge on any atom is 0.253 e. The molecule has 0 saturated heterocycles. The van der Waals surface area contributed by atoms with Gasteiger partial charge in [0.1, 0.15) is 0 Å². The van der Waals surface area contributed by atoms with Crippen LogP contribution in [0, 0.1) is 0 Å². The summed E-state index contributed by atoms with van der Waals surface area (Å²) in [7, 11) is 0. The molecule has 0 aliphatic carbocycles. The minimum absolute atomic E-state index is 0.0680. The molecule has 0 radical (unpaired) electrons. The van der Waals surface area contributed by atoms with E-state index in [2.05, 4.69) is 22.9 Å². The summed E-state index contributed by atoms with van der Waals surface area (Å²) in [5.41, 5.74) is 4.12. The molecule has 0 heterocycles. The van der Waals surface area contributed by atoms with Gasteiger partial charge in [0, 0.05) is 17.9 Å². The number of aryl methyl sites for hydroxylation is 1. The van der Waals surface area contributed by atoms with Crippen LogP contribution >= 0.6 is 0 Å². The Labute approximate surface area is 171 Å². The van der Waals surface area contributed by atoms with Gasteiger partial charge in [0.15, 0.2) is 0 Å². The van der Waals surface area contributed by atoms with Crippen molar-refractivity contribution in [3.63, 3.8) is 0 Å². The molecule has 0 aliphatic rings. The van der Waals surface area contributed by atoms with Gasteiger partial charge in [0.2, 0.25) is 5.91 Å². The number of hydrogen-bond donors (Lipinski definition) is 3. The summed E-state index contributed by atoms with van der Waals surface area (Å²) in [6, 6.07) is 24.7. The lowest BCUT2D eigenvalue weighted by atomic mass is 10.1. The van der Waals surface area contributed by atoms with E-state index < -0.39 is 0 Å². The Bertz CT molecular complexity index is 953. The normalized spacial score (nSPS) is 10.2. The highest BCUT2D eigenvalue weighted by Crippen LogP contribution is 2.15. The molecule has 2 amide bonds. The standard InChI is InChI=1S/C24H25N3O2/c1-2-18-12-14-20(15-13-18)27-23(28)17-25-22-11-7-6-10-21(22)24(29)26-16-19-8-4-3-5-9-19/h3-15,25H,2,16-17H2,1H3,(H,26,29)(H,27,28). The monoisotopic (exact) mass is 387 g/mol. The molecule has 148 valence electrons. The molecule has 0 fully saturated rings. The second kappa shape index (κ2) is 10.1. The van der Waals surface area contributed by atoms with Crippen molar-refractivity contribution in [3.8, 4) is 0 Å². The predicted molar refractivity (Wildman–Crippen MR) is 117 cm³/mol. The van der Waals surface area contributed by atoms with E-state index in [1.54, 1.807) is 18.2 Å². The Morgan fingerprint density at radius 3 is 2.21 bits per heavy atom. The van der Waals surface area contributed by atoms with Crippen LogP contribution in [0.2, 0.25) is 0 Å². The first-order valence-electron chi connectivity index (χ1n) is 9.69. The summed E-state index contributed by atoms with van der Waals surface area (Å²) < 4.78 is 0. The van der Waals surface area contributed by atoms with E-state index >= 15 is 0 Å². The molecule has 0 unspecified atom stereocenters. The van der Waals surface area contributed by atoms with Crippen LogP contribution in [0.25, 0.3) is 0 Å². The molecule has 29 heavy (non-hydrogen) atoms. The fourth-order valence-electron chi connectivity index (χ4n) is 2.91. The average molecular weight is 387 g/mol. The molecule has 3 rings (SSSR count). The lowest BCUT2D eigenvalue weighted by Gasteiger charge is -2.13. The molecule has 5 heteroatoms. The Balaban J connectivity index is 1.56. The third kappa shape index (κ3) is 5.94. The highest BCUT2D eigenvalue weighted by Gasteiger charge is 2.11. The van der Waals surface area contributed by atoms with Crippen LogP contribution < -0.4 is 16.0 Å². The molecule has 0 aromatic heterocycles. The Kier molecular flexibility index (Phi) is 7.00. The lowest BCUT2D eigenvalue weighted by molar-refractivity contribution is -0.114. The zero-order valence-electron chi connectivity index (χ0n) is 16.4. The Hall–Kier alpha value is -3.60. The van der Waals surface area contributed by atoms with Gasteiger partial charge in [0.25, 0.3) is 5.91 Å². The maximum absolute atomic E-state index is 12.6. The van der Waals surface area contributed by atoms with Crippen LogP contribution in [0.15, 0.2) is 78.9 Å². The van der Waals surface area contributed by atoms with E-state index in [1.165, 1.54) is 5.56 Å². The number of carbonyl (C=O) groups is 2. The minimum atomic E-state index is -0.187. The predicted octanol–water partition coefficient (Wildman–Crippen LogP) is 4.23. The van der Waals surface area contributed by atoms with Crippen LogP contribution in [-0.2, 0) is 17.8 Å². The van der Waals surface area contributed by atoms with E-state index in [9.17, 15) is 9.59 Å². The number of nitrogens with one attached hydrogen (secondary N) is 3. The van der Waals surface area contributed by atoms with Gasteiger partial charge < -0.3 is 16.0 Å². The third-order valence-electron chi connectivity index (χ3n) is 4.55. The summed E-state index contributed by atoms with van der Waals surface area (Å²) in [6.07, 6.45) is 0.957. The van der Waals surface area contributed by atoms with E-state index in [0.717, 1.165) is 17.7 Å². The lowest BCUT2D eigenvalue weighted by Crippen LogP contribution is -2.26. The topological polar surface area (TPSA) is 70.2 Å². The van der Waals surface area contributed by atoms with E-state index in [1.807, 2.05) is 60.7 Å². The first-order chi connectivity index (χ1) is 14.2. The third-order valence-corrected chi connectivity index (χ3v) is 4.55. The van der Waals surface area contributed by atoms with Crippen LogP contribution in [0.3, 0.4) is 0 Å². The fourth-order valence-corrected chi connectivity index (χ4v) is 2.91. The molecular weight excluding hydrogens is 362 g/mol. The van der Waals surface area contributed by atoms with Crippen molar-refractivity contribution in [1.82, 2.24) is 5.32 Å². The molecule has 0 spiro atoms. The zero-order valence-corrected chi connectivity index (χ0v) is 16.4. The number of anilines is 2. The molecule has 3 aromatic carbocycles. The minimum Gasteiger partial charge on any atom is -0.376 e. The van der Waals surface area contributed by atoms with Gasteiger partial charge in [-0.15, -0.1) is 0 Å². The highest BCUT2D eigenvalue weighted by atomic mass is 16.2. The van der Waals surface area contributed by atoms with Gasteiger partial charge in [0.05, 0.1) is 12.1 Å². The molecule has 5 nitrogen and oxygen atoms in total. The second-order valence-corrected chi connectivity index (χ2v) is 6.67. The van der Waals surface area contributed by atoms with Crippen molar-refractivity contribution in [3.05, 3.63) is 95.6 Å². The molecule has 3 aromatic rings. The summed E-state index contributed by atoms with van der Waals surface area (Å²) >= 11 is 0. The number of carbonyl (C=O) groups excluding carboxylic acids is 2. The number of benzene rings is 3. The number of amides is 2. The fraction of sp³-hybridized carbons (Fsp3) is 0.167. The summed E-state index contributed by atoms with van der Waals surface area (Å²) in [4.78, 5) is 24.8. The molecule has 0 aliphatic heterocycles. The van der Waals surface area contributed by atoms with Crippen LogP contribution in [0.4, 0.5) is 11.4 Å². The van der Waals surface area contributed by atoms with Crippen LogP contribution in [-0.4, -0.2) is 18.4 Å². The number of hydrogen-bond acceptors (Lipinski definition) is 3. The second-order valence-electron chi connectivity index (χ2n) is 6.67. The van der Waals surface area contributed by atoms with Crippen molar-refractivity contribution in [2.24, 2.45) is 0 Å². The average Bonchev–Trinajstić information content (AvgIpc) is 2.77. The SMILES string of the molecule is CCc1ccc(NC(=O)CNc2ccccc2C(=O)NCc2ccccc2)cc1. The number of para-hydroxylation sites is 1. The van der Waals surface area contributed by atoms with Gasteiger partial charge in [-0.05, 0) is 41.8 Å². The molecule has 0 bridgehead atoms. The summed E-state index contributed by atoms with van der Waals surface area (Å²) in [5, 5.41) is 8.83. The van der Waals surface area contributed by atoms with Gasteiger partial charge in [-0.1, -0.05) is 61.5 Å². The van der Waals surface area contributed by atoms with E-state index in [0.29, 0.717) is 17.8 Å². The van der Waals surface area contributed by atoms with Crippen LogP contribution in [0.5, 0.6) is 0 Å². The van der Waals surface area contributed by atoms with Gasteiger partial charge in [-0.25, -0.2) is 0 Å². The van der Waals surface area contributed by atoms with Gasteiger partial charge >= 0.3 is 0 Å². The smallest absolute Gasteiger partial charge is 0.253 e. The first kappa shape index (κ1) is 20.1. The van der Waals surface area contributed by atoms with Gasteiger partial charge in [-0.2, -0.15) is 0 Å². The number of rotatable bonds is 8. The summed E-state index contributed by atoms with van der Waals surface area (Å²) in [6.45, 7) is 2.60. The first-order valence-corrected chi connectivity index (χ1v) is 9.69. The Morgan fingerprint density at radius 2 is 1.48 bits per heavy atom. The van der Waals surface area contributed by atoms with Gasteiger partial charge in [-0.3, -0.25) is 9.59 Å². The largest absolute Gasteiger partial charge is 0.376 e. The Morgan fingerprint density at radius 1 is 0.793 bits per heavy atom. The highest BCUT2D eigenvalue weighted by molar-refractivity contribution is 6.00. The maximum atomic E-state index is 12.6.